The van der Waals surface area contributed by atoms with Gasteiger partial charge in [0.25, 0.3) is 9.28 Å². The summed E-state index contributed by atoms with van der Waals surface area (Å²) in [4.78, 5) is 11.5. The Labute approximate surface area is 180 Å². The Hall–Kier alpha value is 0.0969. The Kier molecular flexibility index (Phi) is 25.2. The van der Waals surface area contributed by atoms with Crippen molar-refractivity contribution in [1.82, 2.24) is 14.9 Å². The highest BCUT2D eigenvalue weighted by Crippen LogP contribution is 2.06. The summed E-state index contributed by atoms with van der Waals surface area (Å²) in [5.41, 5.74) is 0. The molecule has 0 heterocycles. The Bertz CT molecular complexity index is 234. The van der Waals surface area contributed by atoms with Crippen molar-refractivity contribution in [1.29, 1.82) is 0 Å². The minimum Gasteiger partial charge on any atom is -0.316 e. The lowest BCUT2D eigenvalue weighted by Gasteiger charge is -2.20. The van der Waals surface area contributed by atoms with Gasteiger partial charge in [-0.25, -0.2) is 0 Å². The van der Waals surface area contributed by atoms with E-state index in [-0.39, 0.29) is 0 Å². The summed E-state index contributed by atoms with van der Waals surface area (Å²) in [6.07, 6.45) is 25.0. The molecule has 170 valence electrons. The first kappa shape index (κ1) is 28.1. The summed E-state index contributed by atoms with van der Waals surface area (Å²) in [5.74, 6) is 0. The predicted octanol–water partition coefficient (Wildman–Crippen LogP) is 6.55. The van der Waals surface area contributed by atoms with E-state index in [0.717, 1.165) is 0 Å². The third-order valence-electron chi connectivity index (χ3n) is 5.64. The maximum Gasteiger partial charge on any atom is 0.264 e. The highest BCUT2D eigenvalue weighted by atomic mass is 28.3. The van der Waals surface area contributed by atoms with Crippen LogP contribution in [0.3, 0.4) is 0 Å². The molecule has 0 aromatic carbocycles. The molecule has 0 saturated carbocycles. The van der Waals surface area contributed by atoms with Crippen LogP contribution in [0, 0.1) is 0 Å². The number of unbranched alkanes of at least 4 members (excludes halogenated alkanes) is 15. The maximum absolute atomic E-state index is 3.85. The lowest BCUT2D eigenvalue weighted by atomic mass is 10.1. The zero-order valence-electron chi connectivity index (χ0n) is 19.9. The summed E-state index contributed by atoms with van der Waals surface area (Å²) in [5, 5.41) is 0. The van der Waals surface area contributed by atoms with Crippen molar-refractivity contribution in [2.24, 2.45) is 0 Å². The summed E-state index contributed by atoms with van der Waals surface area (Å²) in [7, 11) is -1.18. The predicted molar refractivity (Wildman–Crippen MR) is 131 cm³/mol. The van der Waals surface area contributed by atoms with Gasteiger partial charge in [0.15, 0.2) is 0 Å². The molecule has 0 fully saturated rings. The van der Waals surface area contributed by atoms with Crippen LogP contribution in [-0.4, -0.2) is 28.9 Å². The molecule has 0 radical (unpaired) electrons. The van der Waals surface area contributed by atoms with Crippen molar-refractivity contribution in [3.05, 3.63) is 0 Å². The molecule has 3 N–H and O–H groups in total. The van der Waals surface area contributed by atoms with Crippen molar-refractivity contribution in [2.45, 2.75) is 136 Å². The normalized spacial score (nSPS) is 11.6. The van der Waals surface area contributed by atoms with Crippen LogP contribution >= 0.6 is 0 Å². The van der Waals surface area contributed by atoms with E-state index in [0.29, 0.717) is 0 Å². The highest BCUT2D eigenvalue weighted by Gasteiger charge is 2.08. The fraction of sp³-hybridized carbons (Fsp3) is 1.00. The maximum atomic E-state index is 3.85. The monoisotopic (exact) mass is 413 g/mol. The van der Waals surface area contributed by atoms with Crippen LogP contribution in [0.1, 0.15) is 136 Å². The Morgan fingerprint density at radius 1 is 0.357 bits per heavy atom. The van der Waals surface area contributed by atoms with Gasteiger partial charge in [-0.1, -0.05) is 117 Å². The minimum absolute atomic E-state index is 1.18. The molecule has 0 unspecified atom stereocenters. The quantitative estimate of drug-likeness (QED) is 0.124. The molecule has 28 heavy (non-hydrogen) atoms. The van der Waals surface area contributed by atoms with E-state index in [1.807, 2.05) is 0 Å². The van der Waals surface area contributed by atoms with E-state index in [4.69, 9.17) is 0 Å². The second-order valence-corrected chi connectivity index (χ2v) is 10.7. The number of hydrogen-bond acceptors (Lipinski definition) is 3. The van der Waals surface area contributed by atoms with Crippen molar-refractivity contribution in [2.75, 3.05) is 19.6 Å². The summed E-state index contributed by atoms with van der Waals surface area (Å²) in [6, 6.07) is 0. The molecule has 0 aliphatic heterocycles. The number of nitrogens with one attached hydrogen (secondary N) is 3. The lowest BCUT2D eigenvalue weighted by molar-refractivity contribution is 0.582. The van der Waals surface area contributed by atoms with Crippen molar-refractivity contribution < 1.29 is 0 Å². The molecule has 0 aromatic heterocycles. The van der Waals surface area contributed by atoms with E-state index < -0.39 is 9.28 Å². The largest absolute Gasteiger partial charge is 0.316 e. The average molecular weight is 414 g/mol. The number of hydrogen-bond donors (Lipinski definition) is 3. The zero-order valence-corrected chi connectivity index (χ0v) is 21.1. The molecule has 0 aromatic rings. The molecular formula is C24H55N3Si. The van der Waals surface area contributed by atoms with Crippen LogP contribution in [0.5, 0.6) is 0 Å². The molecular weight excluding hydrogens is 358 g/mol. The molecule has 0 atom stereocenters. The van der Waals surface area contributed by atoms with Crippen molar-refractivity contribution >= 4 is 9.28 Å². The fourth-order valence-electron chi connectivity index (χ4n) is 3.67. The molecule has 0 spiro atoms. The average Bonchev–Trinajstić information content (AvgIpc) is 2.71. The van der Waals surface area contributed by atoms with Gasteiger partial charge in [-0.3, -0.25) is 0 Å². The third-order valence-corrected chi connectivity index (χ3v) is 7.73. The molecule has 0 bridgehead atoms. The molecule has 0 amide bonds. The van der Waals surface area contributed by atoms with Crippen LogP contribution in [0.4, 0.5) is 0 Å². The topological polar surface area (TPSA) is 36.1 Å². The minimum atomic E-state index is -1.18. The van der Waals surface area contributed by atoms with E-state index in [9.17, 15) is 0 Å². The first-order valence-electron chi connectivity index (χ1n) is 13.0. The summed E-state index contributed by atoms with van der Waals surface area (Å²) in [6.45, 7) is 10.5. The smallest absolute Gasteiger partial charge is 0.264 e. The van der Waals surface area contributed by atoms with Crippen LogP contribution in [0.25, 0.3) is 0 Å². The Morgan fingerprint density at radius 2 is 0.607 bits per heavy atom. The van der Waals surface area contributed by atoms with Crippen LogP contribution in [0.2, 0.25) is 0 Å². The first-order valence-corrected chi connectivity index (χ1v) is 14.8. The van der Waals surface area contributed by atoms with Gasteiger partial charge in [-0.15, -0.1) is 0 Å². The van der Waals surface area contributed by atoms with Gasteiger partial charge in [0, 0.05) is 0 Å². The Balaban J connectivity index is 3.80. The molecule has 0 aliphatic rings. The van der Waals surface area contributed by atoms with Crippen LogP contribution < -0.4 is 14.9 Å². The second kappa shape index (κ2) is 25.1. The van der Waals surface area contributed by atoms with Gasteiger partial charge in [0.05, 0.1) is 0 Å². The number of rotatable bonds is 24. The van der Waals surface area contributed by atoms with Gasteiger partial charge in [-0.05, 0) is 38.9 Å². The summed E-state index contributed by atoms with van der Waals surface area (Å²) >= 11 is 0. The summed E-state index contributed by atoms with van der Waals surface area (Å²) < 4.78 is 0. The van der Waals surface area contributed by atoms with E-state index in [1.165, 1.54) is 135 Å². The van der Waals surface area contributed by atoms with Crippen LogP contribution in [0.15, 0.2) is 0 Å². The van der Waals surface area contributed by atoms with Crippen LogP contribution in [-0.2, 0) is 0 Å². The van der Waals surface area contributed by atoms with Crippen molar-refractivity contribution in [3.8, 4) is 0 Å². The third kappa shape index (κ3) is 22.4. The van der Waals surface area contributed by atoms with Gasteiger partial charge in [0.2, 0.25) is 0 Å². The first-order chi connectivity index (χ1) is 13.8. The van der Waals surface area contributed by atoms with Gasteiger partial charge in [0.1, 0.15) is 0 Å². The van der Waals surface area contributed by atoms with Gasteiger partial charge >= 0.3 is 0 Å². The molecule has 0 saturated heterocycles. The Morgan fingerprint density at radius 3 is 0.893 bits per heavy atom. The molecule has 3 nitrogen and oxygen atoms in total. The van der Waals surface area contributed by atoms with E-state index in [1.54, 1.807) is 0 Å². The van der Waals surface area contributed by atoms with Gasteiger partial charge in [-0.2, -0.15) is 0 Å². The molecule has 0 aliphatic carbocycles. The molecule has 4 heteroatoms. The second-order valence-electron chi connectivity index (χ2n) is 8.60. The lowest BCUT2D eigenvalue weighted by Crippen LogP contribution is -2.58. The molecule has 0 rings (SSSR count). The zero-order chi connectivity index (χ0) is 20.5. The highest BCUT2D eigenvalue weighted by molar-refractivity contribution is 6.50. The van der Waals surface area contributed by atoms with E-state index >= 15 is 0 Å². The van der Waals surface area contributed by atoms with Crippen molar-refractivity contribution in [3.63, 3.8) is 0 Å². The SMILES string of the molecule is CCCCCCCCN[SiH](NCCCCCCCC)NCCCCCCCC. The fourth-order valence-corrected chi connectivity index (χ4v) is 5.58. The standard InChI is InChI=1S/C24H55N3Si/c1-4-7-10-13-16-19-22-25-28(26-23-20-17-14-11-8-5-2)27-24-21-18-15-12-9-6-3/h25-28H,4-24H2,1-3H3. The van der Waals surface area contributed by atoms with E-state index in [2.05, 4.69) is 35.7 Å². The van der Waals surface area contributed by atoms with Gasteiger partial charge < -0.3 is 14.9 Å².